The average Bonchev–Trinajstić information content (AvgIpc) is 3.46. The molecule has 0 aliphatic heterocycles. The number of anilines is 1. The number of aryl methyl sites for hydroxylation is 1. The van der Waals surface area contributed by atoms with Crippen LogP contribution >= 0.6 is 23.2 Å². The van der Waals surface area contributed by atoms with E-state index >= 15 is 0 Å². The van der Waals surface area contributed by atoms with Crippen LogP contribution in [0.5, 0.6) is 0 Å². The Kier molecular flexibility index (Phi) is 10.3. The topological polar surface area (TPSA) is 86.8 Å². The van der Waals surface area contributed by atoms with Crippen LogP contribution in [0.2, 0.25) is 10.0 Å². The molecule has 1 fully saturated rings. The van der Waals surface area contributed by atoms with Crippen LogP contribution in [0.1, 0.15) is 50.2 Å². The third-order valence-electron chi connectivity index (χ3n) is 7.39. The number of halogens is 2. The van der Waals surface area contributed by atoms with Gasteiger partial charge in [0, 0.05) is 22.6 Å². The van der Waals surface area contributed by atoms with E-state index in [-0.39, 0.29) is 23.4 Å². The number of amides is 2. The van der Waals surface area contributed by atoms with Crippen molar-refractivity contribution in [2.45, 2.75) is 69.5 Å². The molecule has 1 N–H and O–H groups in total. The Hall–Kier alpha value is -3.07. The Morgan fingerprint density at radius 2 is 1.59 bits per heavy atom. The van der Waals surface area contributed by atoms with Crippen molar-refractivity contribution >= 4 is 50.7 Å². The molecule has 0 heterocycles. The summed E-state index contributed by atoms with van der Waals surface area (Å²) in [6, 6.07) is 19.1. The Morgan fingerprint density at radius 1 is 0.951 bits per heavy atom. The summed E-state index contributed by atoms with van der Waals surface area (Å²) < 4.78 is 28.9. The largest absolute Gasteiger partial charge is 0.352 e. The molecule has 0 saturated heterocycles. The first-order valence-electron chi connectivity index (χ1n) is 13.8. The number of hydrogen-bond donors (Lipinski definition) is 1. The van der Waals surface area contributed by atoms with Gasteiger partial charge in [-0.1, -0.05) is 78.9 Å². The second-order valence-corrected chi connectivity index (χ2v) is 13.0. The zero-order chi connectivity index (χ0) is 29.6. The van der Waals surface area contributed by atoms with E-state index in [4.69, 9.17) is 23.2 Å². The highest BCUT2D eigenvalue weighted by atomic mass is 35.5. The fourth-order valence-electron chi connectivity index (χ4n) is 5.07. The van der Waals surface area contributed by atoms with E-state index < -0.39 is 28.5 Å². The van der Waals surface area contributed by atoms with E-state index in [0.29, 0.717) is 27.7 Å². The highest BCUT2D eigenvalue weighted by Crippen LogP contribution is 2.27. The van der Waals surface area contributed by atoms with Gasteiger partial charge >= 0.3 is 0 Å². The molecule has 0 radical (unpaired) electrons. The van der Waals surface area contributed by atoms with Gasteiger partial charge in [-0.3, -0.25) is 13.9 Å². The minimum atomic E-state index is -4.16. The minimum Gasteiger partial charge on any atom is -0.352 e. The normalized spacial score (nSPS) is 14.4. The summed E-state index contributed by atoms with van der Waals surface area (Å²) in [5.41, 5.74) is 1.94. The summed E-state index contributed by atoms with van der Waals surface area (Å²) in [5.74, 6) is -0.765. The third-order valence-corrected chi connectivity index (χ3v) is 9.80. The maximum Gasteiger partial charge on any atom is 0.264 e. The summed E-state index contributed by atoms with van der Waals surface area (Å²) >= 11 is 12.5. The lowest BCUT2D eigenvalue weighted by Gasteiger charge is -2.34. The van der Waals surface area contributed by atoms with Gasteiger partial charge in [0.2, 0.25) is 11.8 Å². The molecule has 4 rings (SSSR count). The van der Waals surface area contributed by atoms with Crippen LogP contribution < -0.4 is 9.62 Å². The van der Waals surface area contributed by atoms with Gasteiger partial charge in [0.1, 0.15) is 12.6 Å². The van der Waals surface area contributed by atoms with Crippen LogP contribution in [-0.4, -0.2) is 43.8 Å². The highest BCUT2D eigenvalue weighted by Gasteiger charge is 2.34. The molecule has 218 valence electrons. The summed E-state index contributed by atoms with van der Waals surface area (Å²) in [4.78, 5) is 29.1. The number of benzene rings is 3. The van der Waals surface area contributed by atoms with Crippen molar-refractivity contribution in [2.24, 2.45) is 0 Å². The second-order valence-electron chi connectivity index (χ2n) is 10.3. The number of rotatable bonds is 11. The predicted molar refractivity (Wildman–Crippen MR) is 164 cm³/mol. The third kappa shape index (κ3) is 7.61. The number of carbonyl (C=O) groups is 2. The van der Waals surface area contributed by atoms with E-state index in [1.165, 1.54) is 29.2 Å². The first-order valence-corrected chi connectivity index (χ1v) is 16.0. The van der Waals surface area contributed by atoms with Crippen molar-refractivity contribution in [3.63, 3.8) is 0 Å². The van der Waals surface area contributed by atoms with E-state index in [9.17, 15) is 18.0 Å². The summed E-state index contributed by atoms with van der Waals surface area (Å²) in [6.07, 6.45) is 4.27. The molecule has 0 aromatic heterocycles. The van der Waals surface area contributed by atoms with Crippen molar-refractivity contribution in [3.8, 4) is 0 Å². The van der Waals surface area contributed by atoms with Crippen molar-refractivity contribution in [2.75, 3.05) is 10.8 Å². The Labute approximate surface area is 252 Å². The highest BCUT2D eigenvalue weighted by molar-refractivity contribution is 7.92. The molecule has 1 saturated carbocycles. The Morgan fingerprint density at radius 3 is 2.20 bits per heavy atom. The monoisotopic (exact) mass is 615 g/mol. The quantitative estimate of drug-likeness (QED) is 0.272. The molecule has 0 spiro atoms. The molecule has 7 nitrogen and oxygen atoms in total. The molecule has 2 amide bonds. The lowest BCUT2D eigenvalue weighted by atomic mass is 10.1. The average molecular weight is 617 g/mol. The van der Waals surface area contributed by atoms with Gasteiger partial charge < -0.3 is 10.2 Å². The number of nitrogens with one attached hydrogen (secondary N) is 1. The van der Waals surface area contributed by atoms with Crippen molar-refractivity contribution in [1.29, 1.82) is 0 Å². The maximum atomic E-state index is 14.2. The van der Waals surface area contributed by atoms with Gasteiger partial charge in [0.15, 0.2) is 0 Å². The van der Waals surface area contributed by atoms with Crippen LogP contribution in [0.25, 0.3) is 0 Å². The van der Waals surface area contributed by atoms with Crippen LogP contribution in [0.15, 0.2) is 77.7 Å². The lowest BCUT2D eigenvalue weighted by Crippen LogP contribution is -2.53. The van der Waals surface area contributed by atoms with Gasteiger partial charge in [-0.05, 0) is 74.2 Å². The predicted octanol–water partition coefficient (Wildman–Crippen LogP) is 6.36. The minimum absolute atomic E-state index is 0.000975. The summed E-state index contributed by atoms with van der Waals surface area (Å²) in [6.45, 7) is 3.28. The standard InChI is InChI=1S/C31H35Cl2N3O4S/c1-3-29(31(38)34-25-9-5-6-10-25)35(20-23-8-4-7-11-28(23)33)30(37)21-36(26-16-12-22(2)13-17-26)41(39,40)27-18-14-24(32)15-19-27/h4,7-8,11-19,25,29H,3,5-6,9-10,20-21H2,1-2H3,(H,34,38). The van der Waals surface area contributed by atoms with Crippen LogP contribution in [0.3, 0.4) is 0 Å². The van der Waals surface area contributed by atoms with Gasteiger partial charge in [0.05, 0.1) is 10.6 Å². The molecule has 41 heavy (non-hydrogen) atoms. The van der Waals surface area contributed by atoms with E-state index in [1.807, 2.05) is 19.9 Å². The van der Waals surface area contributed by atoms with Crippen molar-refractivity contribution in [1.82, 2.24) is 10.2 Å². The molecule has 1 unspecified atom stereocenters. The molecular weight excluding hydrogens is 581 g/mol. The molecule has 1 atom stereocenters. The van der Waals surface area contributed by atoms with E-state index in [2.05, 4.69) is 5.32 Å². The van der Waals surface area contributed by atoms with E-state index in [1.54, 1.807) is 42.5 Å². The number of sulfonamides is 1. The molecule has 1 aliphatic rings. The molecule has 3 aromatic carbocycles. The SMILES string of the molecule is CCC(C(=O)NC1CCCC1)N(Cc1ccccc1Cl)C(=O)CN(c1ccc(C)cc1)S(=O)(=O)c1ccc(Cl)cc1. The zero-order valence-electron chi connectivity index (χ0n) is 23.2. The molecular formula is C31H35Cl2N3O4S. The van der Waals surface area contributed by atoms with Crippen LogP contribution in [0, 0.1) is 6.92 Å². The van der Waals surface area contributed by atoms with Gasteiger partial charge in [-0.25, -0.2) is 8.42 Å². The summed E-state index contributed by atoms with van der Waals surface area (Å²) in [7, 11) is -4.16. The summed E-state index contributed by atoms with van der Waals surface area (Å²) in [5, 5.41) is 3.96. The Balaban J connectivity index is 1.72. The van der Waals surface area contributed by atoms with Crippen molar-refractivity contribution in [3.05, 3.63) is 94.0 Å². The van der Waals surface area contributed by atoms with E-state index in [0.717, 1.165) is 35.6 Å². The molecule has 3 aromatic rings. The fraction of sp³-hybridized carbons (Fsp3) is 0.355. The number of carbonyl (C=O) groups excluding carboxylic acids is 2. The van der Waals surface area contributed by atoms with Gasteiger partial charge in [0.25, 0.3) is 10.0 Å². The number of hydrogen-bond acceptors (Lipinski definition) is 4. The van der Waals surface area contributed by atoms with Gasteiger partial charge in [-0.15, -0.1) is 0 Å². The van der Waals surface area contributed by atoms with Crippen molar-refractivity contribution < 1.29 is 18.0 Å². The molecule has 10 heteroatoms. The fourth-order valence-corrected chi connectivity index (χ4v) is 6.81. The first-order chi connectivity index (χ1) is 19.6. The second kappa shape index (κ2) is 13.7. The molecule has 0 bridgehead atoms. The first kappa shape index (κ1) is 30.9. The zero-order valence-corrected chi connectivity index (χ0v) is 25.6. The maximum absolute atomic E-state index is 14.2. The smallest absolute Gasteiger partial charge is 0.264 e. The Bertz CT molecular complexity index is 1460. The molecule has 1 aliphatic carbocycles. The lowest BCUT2D eigenvalue weighted by molar-refractivity contribution is -0.140. The van der Waals surface area contributed by atoms with Crippen LogP contribution in [-0.2, 0) is 26.2 Å². The van der Waals surface area contributed by atoms with Crippen LogP contribution in [0.4, 0.5) is 5.69 Å². The number of nitrogens with zero attached hydrogens (tertiary/aromatic N) is 2. The van der Waals surface area contributed by atoms with Gasteiger partial charge in [-0.2, -0.15) is 0 Å².